The highest BCUT2D eigenvalue weighted by molar-refractivity contribution is 6.35. The molecule has 4 rings (SSSR count). The van der Waals surface area contributed by atoms with Gasteiger partial charge >= 0.3 is 11.8 Å². The Hall–Kier alpha value is -2.53. The van der Waals surface area contributed by atoms with Crippen LogP contribution in [0.2, 0.25) is 5.02 Å². The molecule has 1 fully saturated rings. The van der Waals surface area contributed by atoms with Gasteiger partial charge in [0.1, 0.15) is 0 Å². The van der Waals surface area contributed by atoms with E-state index in [2.05, 4.69) is 28.4 Å². The summed E-state index contributed by atoms with van der Waals surface area (Å²) in [6, 6.07) is 14.1. The van der Waals surface area contributed by atoms with Crippen LogP contribution in [0.15, 0.2) is 42.5 Å². The second-order valence-corrected chi connectivity index (χ2v) is 8.87. The van der Waals surface area contributed by atoms with Gasteiger partial charge in [0.2, 0.25) is 0 Å². The van der Waals surface area contributed by atoms with Gasteiger partial charge in [0.15, 0.2) is 0 Å². The van der Waals surface area contributed by atoms with E-state index in [0.717, 1.165) is 30.5 Å². The van der Waals surface area contributed by atoms with Gasteiger partial charge in [-0.1, -0.05) is 42.8 Å². The summed E-state index contributed by atoms with van der Waals surface area (Å²) >= 11 is 6.09. The molecular formula is C25H30ClN3O2. The van der Waals surface area contributed by atoms with Gasteiger partial charge in [-0.3, -0.25) is 9.59 Å². The SMILES string of the molecule is CCC(NC(=O)C(=O)N1CCN(c2cccc(Cl)c2)CC1)c1ccc2c(c1)CCCC2. The summed E-state index contributed by atoms with van der Waals surface area (Å²) in [5.74, 6) is -0.956. The smallest absolute Gasteiger partial charge is 0.312 e. The lowest BCUT2D eigenvalue weighted by Gasteiger charge is -2.36. The first-order valence-corrected chi connectivity index (χ1v) is 11.6. The van der Waals surface area contributed by atoms with E-state index in [4.69, 9.17) is 11.6 Å². The highest BCUT2D eigenvalue weighted by Gasteiger charge is 2.28. The van der Waals surface area contributed by atoms with Crippen molar-refractivity contribution in [2.24, 2.45) is 0 Å². The maximum atomic E-state index is 12.8. The number of fused-ring (bicyclic) bond motifs is 1. The molecule has 1 N–H and O–H groups in total. The van der Waals surface area contributed by atoms with Gasteiger partial charge in [-0.25, -0.2) is 0 Å². The first-order valence-electron chi connectivity index (χ1n) is 11.3. The van der Waals surface area contributed by atoms with Crippen LogP contribution in [0.25, 0.3) is 0 Å². The molecule has 1 aliphatic carbocycles. The number of nitrogens with zero attached hydrogens (tertiary/aromatic N) is 2. The van der Waals surface area contributed by atoms with Crippen LogP contribution in [0.1, 0.15) is 48.9 Å². The summed E-state index contributed by atoms with van der Waals surface area (Å²) in [6.45, 7) is 4.45. The molecule has 1 unspecified atom stereocenters. The molecule has 2 aliphatic rings. The van der Waals surface area contributed by atoms with Crippen LogP contribution in [0.4, 0.5) is 5.69 Å². The standard InChI is InChI=1S/C25H30ClN3O2/c1-2-23(20-11-10-18-6-3-4-7-19(18)16-20)27-24(30)25(31)29-14-12-28(13-15-29)22-9-5-8-21(26)17-22/h5,8-11,16-17,23H,2-4,6-7,12-15H2,1H3,(H,27,30). The van der Waals surface area contributed by atoms with Crippen molar-refractivity contribution in [3.8, 4) is 0 Å². The fourth-order valence-electron chi connectivity index (χ4n) is 4.60. The van der Waals surface area contributed by atoms with Crippen molar-refractivity contribution in [3.05, 3.63) is 64.2 Å². The third-order valence-corrected chi connectivity index (χ3v) is 6.66. The van der Waals surface area contributed by atoms with Gasteiger partial charge in [-0.05, 0) is 67.0 Å². The number of aryl methyl sites for hydroxylation is 2. The van der Waals surface area contributed by atoms with Crippen molar-refractivity contribution in [2.45, 2.75) is 45.1 Å². The fraction of sp³-hybridized carbons (Fsp3) is 0.440. The van der Waals surface area contributed by atoms with Crippen molar-refractivity contribution < 1.29 is 9.59 Å². The van der Waals surface area contributed by atoms with E-state index >= 15 is 0 Å². The number of piperazine rings is 1. The largest absolute Gasteiger partial charge is 0.368 e. The van der Waals surface area contributed by atoms with Crippen LogP contribution in [0.5, 0.6) is 0 Å². The third-order valence-electron chi connectivity index (χ3n) is 6.42. The topological polar surface area (TPSA) is 52.7 Å². The lowest BCUT2D eigenvalue weighted by molar-refractivity contribution is -0.146. The van der Waals surface area contributed by atoms with Crippen molar-refractivity contribution in [1.29, 1.82) is 0 Å². The summed E-state index contributed by atoms with van der Waals surface area (Å²) < 4.78 is 0. The third kappa shape index (κ3) is 5.04. The average molecular weight is 440 g/mol. The molecule has 1 atom stereocenters. The quantitative estimate of drug-likeness (QED) is 0.728. The molecular weight excluding hydrogens is 410 g/mol. The van der Waals surface area contributed by atoms with Crippen LogP contribution in [-0.4, -0.2) is 42.9 Å². The van der Waals surface area contributed by atoms with Gasteiger partial charge in [-0.15, -0.1) is 0 Å². The zero-order valence-electron chi connectivity index (χ0n) is 18.1. The van der Waals surface area contributed by atoms with Crippen LogP contribution in [-0.2, 0) is 22.4 Å². The number of rotatable bonds is 4. The number of nitrogens with one attached hydrogen (secondary N) is 1. The highest BCUT2D eigenvalue weighted by atomic mass is 35.5. The summed E-state index contributed by atoms with van der Waals surface area (Å²) in [5.41, 5.74) is 4.95. The predicted octanol–water partition coefficient (Wildman–Crippen LogP) is 4.13. The Labute approximate surface area is 189 Å². The molecule has 164 valence electrons. The van der Waals surface area contributed by atoms with Crippen LogP contribution in [0, 0.1) is 0 Å². The molecule has 2 aromatic carbocycles. The molecule has 6 heteroatoms. The number of hydrogen-bond donors (Lipinski definition) is 1. The zero-order chi connectivity index (χ0) is 21.8. The number of benzene rings is 2. The molecule has 0 saturated carbocycles. The van der Waals surface area contributed by atoms with Crippen LogP contribution >= 0.6 is 11.6 Å². The molecule has 0 bridgehead atoms. The Morgan fingerprint density at radius 2 is 1.74 bits per heavy atom. The number of anilines is 1. The van der Waals surface area contributed by atoms with E-state index in [0.29, 0.717) is 31.2 Å². The molecule has 1 saturated heterocycles. The molecule has 5 nitrogen and oxygen atoms in total. The Bertz CT molecular complexity index is 954. The van der Waals surface area contributed by atoms with E-state index in [9.17, 15) is 9.59 Å². The van der Waals surface area contributed by atoms with E-state index in [1.165, 1.54) is 24.0 Å². The van der Waals surface area contributed by atoms with Gasteiger partial charge in [0.25, 0.3) is 0 Å². The second-order valence-electron chi connectivity index (χ2n) is 8.43. The Kier molecular flexibility index (Phi) is 6.81. The van der Waals surface area contributed by atoms with Crippen LogP contribution in [0.3, 0.4) is 0 Å². The van der Waals surface area contributed by atoms with Crippen molar-refractivity contribution >= 4 is 29.1 Å². The summed E-state index contributed by atoms with van der Waals surface area (Å²) in [5, 5.41) is 3.67. The molecule has 0 aromatic heterocycles. The van der Waals surface area contributed by atoms with Gasteiger partial charge in [0, 0.05) is 36.9 Å². The van der Waals surface area contributed by atoms with Gasteiger partial charge in [0.05, 0.1) is 6.04 Å². The Morgan fingerprint density at radius 3 is 2.45 bits per heavy atom. The molecule has 1 heterocycles. The summed E-state index contributed by atoms with van der Waals surface area (Å²) in [4.78, 5) is 29.4. The minimum Gasteiger partial charge on any atom is -0.368 e. The van der Waals surface area contributed by atoms with Crippen molar-refractivity contribution in [1.82, 2.24) is 10.2 Å². The van der Waals surface area contributed by atoms with Crippen molar-refractivity contribution in [3.63, 3.8) is 0 Å². The van der Waals surface area contributed by atoms with Crippen LogP contribution < -0.4 is 10.2 Å². The number of amides is 2. The molecule has 2 aromatic rings. The van der Waals surface area contributed by atoms with E-state index in [1.807, 2.05) is 31.2 Å². The number of carbonyl (C=O) groups is 2. The van der Waals surface area contributed by atoms with E-state index < -0.39 is 11.8 Å². The average Bonchev–Trinajstić information content (AvgIpc) is 2.81. The normalized spacial score (nSPS) is 17.1. The minimum atomic E-state index is -0.513. The minimum absolute atomic E-state index is 0.142. The molecule has 0 radical (unpaired) electrons. The maximum absolute atomic E-state index is 12.8. The lowest BCUT2D eigenvalue weighted by atomic mass is 9.89. The van der Waals surface area contributed by atoms with Crippen molar-refractivity contribution in [2.75, 3.05) is 31.1 Å². The fourth-order valence-corrected chi connectivity index (χ4v) is 4.78. The Balaban J connectivity index is 1.35. The second kappa shape index (κ2) is 9.73. The number of hydrogen-bond acceptors (Lipinski definition) is 3. The van der Waals surface area contributed by atoms with Gasteiger partial charge in [-0.2, -0.15) is 0 Å². The predicted molar refractivity (Wildman–Crippen MR) is 125 cm³/mol. The summed E-state index contributed by atoms with van der Waals surface area (Å²) in [6.07, 6.45) is 5.46. The molecule has 1 aliphatic heterocycles. The highest BCUT2D eigenvalue weighted by Crippen LogP contribution is 2.26. The lowest BCUT2D eigenvalue weighted by Crippen LogP contribution is -2.53. The van der Waals surface area contributed by atoms with Gasteiger partial charge < -0.3 is 15.1 Å². The first kappa shape index (κ1) is 21.7. The monoisotopic (exact) mass is 439 g/mol. The number of carbonyl (C=O) groups excluding carboxylic acids is 2. The molecule has 0 spiro atoms. The molecule has 31 heavy (non-hydrogen) atoms. The first-order chi connectivity index (χ1) is 15.0. The number of halogens is 1. The van der Waals surface area contributed by atoms with E-state index in [-0.39, 0.29) is 6.04 Å². The zero-order valence-corrected chi connectivity index (χ0v) is 18.8. The van der Waals surface area contributed by atoms with E-state index in [1.54, 1.807) is 4.90 Å². The molecule has 2 amide bonds. The Morgan fingerprint density at radius 1 is 1.00 bits per heavy atom. The summed E-state index contributed by atoms with van der Waals surface area (Å²) in [7, 11) is 0. The maximum Gasteiger partial charge on any atom is 0.312 e.